The van der Waals surface area contributed by atoms with E-state index in [9.17, 15) is 9.59 Å². The first kappa shape index (κ1) is 18.3. The van der Waals surface area contributed by atoms with Gasteiger partial charge in [0.15, 0.2) is 11.5 Å². The fourth-order valence-electron chi connectivity index (χ4n) is 2.11. The Hall–Kier alpha value is -3.02. The lowest BCUT2D eigenvalue weighted by Crippen LogP contribution is -2.10. The number of hydrogen-bond acceptors (Lipinski definition) is 6. The van der Waals surface area contributed by atoms with Gasteiger partial charge in [-0.15, -0.1) is 0 Å². The third-order valence-electron chi connectivity index (χ3n) is 3.28. The Kier molecular flexibility index (Phi) is 6.39. The maximum Gasteiger partial charge on any atom is 0.343 e. The summed E-state index contributed by atoms with van der Waals surface area (Å²) in [6.07, 6.45) is 0. The summed E-state index contributed by atoms with van der Waals surface area (Å²) in [6.45, 7) is 4.43. The van der Waals surface area contributed by atoms with E-state index in [1.807, 2.05) is 6.92 Å². The first-order valence-electron chi connectivity index (χ1n) is 7.89. The van der Waals surface area contributed by atoms with Gasteiger partial charge in [-0.3, -0.25) is 0 Å². The minimum Gasteiger partial charge on any atom is -0.494 e. The lowest BCUT2D eigenvalue weighted by atomic mass is 10.2. The molecule has 0 saturated heterocycles. The molecule has 0 heterocycles. The van der Waals surface area contributed by atoms with Gasteiger partial charge in [0, 0.05) is 0 Å². The zero-order chi connectivity index (χ0) is 18.2. The van der Waals surface area contributed by atoms with Gasteiger partial charge in [0.1, 0.15) is 5.75 Å². The van der Waals surface area contributed by atoms with E-state index in [-0.39, 0.29) is 18.1 Å². The zero-order valence-electron chi connectivity index (χ0n) is 14.4. The van der Waals surface area contributed by atoms with Gasteiger partial charge in [0.05, 0.1) is 31.5 Å². The van der Waals surface area contributed by atoms with Crippen molar-refractivity contribution in [1.29, 1.82) is 0 Å². The molecule has 0 radical (unpaired) electrons. The van der Waals surface area contributed by atoms with Crippen LogP contribution in [0.1, 0.15) is 34.6 Å². The van der Waals surface area contributed by atoms with E-state index in [1.165, 1.54) is 25.3 Å². The lowest BCUT2D eigenvalue weighted by molar-refractivity contribution is 0.0526. The molecule has 0 aliphatic rings. The van der Waals surface area contributed by atoms with Gasteiger partial charge in [0.2, 0.25) is 0 Å². The SMILES string of the molecule is CCOC(=O)c1ccc(OC(=O)c2ccc(OCC)cc2)c(OC)c1. The smallest absolute Gasteiger partial charge is 0.343 e. The van der Waals surface area contributed by atoms with Crippen LogP contribution in [-0.2, 0) is 4.74 Å². The molecule has 0 fully saturated rings. The number of benzene rings is 2. The molecule has 2 aromatic rings. The first-order valence-corrected chi connectivity index (χ1v) is 7.89. The van der Waals surface area contributed by atoms with Crippen molar-refractivity contribution >= 4 is 11.9 Å². The van der Waals surface area contributed by atoms with Crippen LogP contribution in [0.3, 0.4) is 0 Å². The van der Waals surface area contributed by atoms with Gasteiger partial charge in [-0.1, -0.05) is 0 Å². The van der Waals surface area contributed by atoms with Crippen LogP contribution in [0.4, 0.5) is 0 Å². The molecule has 0 bridgehead atoms. The summed E-state index contributed by atoms with van der Waals surface area (Å²) in [5.41, 5.74) is 0.694. The van der Waals surface area contributed by atoms with Gasteiger partial charge in [-0.2, -0.15) is 0 Å². The van der Waals surface area contributed by atoms with E-state index in [0.29, 0.717) is 23.5 Å². The van der Waals surface area contributed by atoms with Crippen molar-refractivity contribution in [2.24, 2.45) is 0 Å². The predicted molar refractivity (Wildman–Crippen MR) is 91.5 cm³/mol. The average Bonchev–Trinajstić information content (AvgIpc) is 2.63. The Labute approximate surface area is 146 Å². The molecule has 6 nitrogen and oxygen atoms in total. The number of hydrogen-bond donors (Lipinski definition) is 0. The number of ether oxygens (including phenoxy) is 4. The van der Waals surface area contributed by atoms with Crippen LogP contribution in [0.5, 0.6) is 17.2 Å². The van der Waals surface area contributed by atoms with Crippen molar-refractivity contribution in [3.8, 4) is 17.2 Å². The van der Waals surface area contributed by atoms with E-state index in [2.05, 4.69) is 0 Å². The highest BCUT2D eigenvalue weighted by molar-refractivity contribution is 5.93. The van der Waals surface area contributed by atoms with Crippen LogP contribution < -0.4 is 14.2 Å². The van der Waals surface area contributed by atoms with Crippen molar-refractivity contribution < 1.29 is 28.5 Å². The molecule has 25 heavy (non-hydrogen) atoms. The second-order valence-electron chi connectivity index (χ2n) is 4.93. The fraction of sp³-hybridized carbons (Fsp3) is 0.263. The molecule has 6 heteroatoms. The Morgan fingerprint density at radius 2 is 1.52 bits per heavy atom. The Morgan fingerprint density at radius 1 is 0.840 bits per heavy atom. The van der Waals surface area contributed by atoms with Gasteiger partial charge >= 0.3 is 11.9 Å². The van der Waals surface area contributed by atoms with E-state index >= 15 is 0 Å². The molecule has 0 N–H and O–H groups in total. The van der Waals surface area contributed by atoms with E-state index in [0.717, 1.165) is 0 Å². The molecule has 0 unspecified atom stereocenters. The van der Waals surface area contributed by atoms with Crippen molar-refractivity contribution in [1.82, 2.24) is 0 Å². The summed E-state index contributed by atoms with van der Waals surface area (Å²) in [5, 5.41) is 0. The number of carbonyl (C=O) groups is 2. The van der Waals surface area contributed by atoms with Crippen molar-refractivity contribution in [3.63, 3.8) is 0 Å². The molecular formula is C19H20O6. The summed E-state index contributed by atoms with van der Waals surface area (Å²) >= 11 is 0. The van der Waals surface area contributed by atoms with Crippen LogP contribution in [0.15, 0.2) is 42.5 Å². The van der Waals surface area contributed by atoms with Crippen molar-refractivity contribution in [2.75, 3.05) is 20.3 Å². The highest BCUT2D eigenvalue weighted by atomic mass is 16.6. The van der Waals surface area contributed by atoms with Crippen LogP contribution in [0, 0.1) is 0 Å². The van der Waals surface area contributed by atoms with Crippen molar-refractivity contribution in [3.05, 3.63) is 53.6 Å². The summed E-state index contributed by atoms with van der Waals surface area (Å²) in [5.74, 6) is 0.158. The summed E-state index contributed by atoms with van der Waals surface area (Å²) < 4.78 is 20.8. The summed E-state index contributed by atoms with van der Waals surface area (Å²) in [7, 11) is 1.43. The van der Waals surface area contributed by atoms with Crippen LogP contribution in [-0.4, -0.2) is 32.3 Å². The largest absolute Gasteiger partial charge is 0.494 e. The topological polar surface area (TPSA) is 71.1 Å². The summed E-state index contributed by atoms with van der Waals surface area (Å²) in [4.78, 5) is 24.0. The maximum absolute atomic E-state index is 12.3. The minimum absolute atomic E-state index is 0.217. The fourth-order valence-corrected chi connectivity index (χ4v) is 2.11. The molecule has 0 saturated carbocycles. The second-order valence-corrected chi connectivity index (χ2v) is 4.93. The second kappa shape index (κ2) is 8.73. The van der Waals surface area contributed by atoms with Crippen LogP contribution in [0.25, 0.3) is 0 Å². The minimum atomic E-state index is -0.537. The number of carbonyl (C=O) groups excluding carboxylic acids is 2. The lowest BCUT2D eigenvalue weighted by Gasteiger charge is -2.11. The van der Waals surface area contributed by atoms with Gasteiger partial charge in [-0.05, 0) is 56.3 Å². The molecule has 0 amide bonds. The van der Waals surface area contributed by atoms with E-state index in [1.54, 1.807) is 31.2 Å². The van der Waals surface area contributed by atoms with E-state index in [4.69, 9.17) is 18.9 Å². The number of esters is 2. The third-order valence-corrected chi connectivity index (χ3v) is 3.28. The highest BCUT2D eigenvalue weighted by Gasteiger charge is 2.15. The number of methoxy groups -OCH3 is 1. The Morgan fingerprint density at radius 3 is 2.12 bits per heavy atom. The van der Waals surface area contributed by atoms with Gasteiger partial charge in [-0.25, -0.2) is 9.59 Å². The average molecular weight is 344 g/mol. The molecule has 0 atom stereocenters. The molecule has 0 aliphatic heterocycles. The van der Waals surface area contributed by atoms with Crippen molar-refractivity contribution in [2.45, 2.75) is 13.8 Å². The quantitative estimate of drug-likeness (QED) is 0.566. The normalized spacial score (nSPS) is 10.0. The molecule has 0 spiro atoms. The molecule has 2 rings (SSSR count). The molecule has 132 valence electrons. The molecule has 0 aliphatic carbocycles. The maximum atomic E-state index is 12.3. The Bertz CT molecular complexity index is 736. The standard InChI is InChI=1S/C19H20O6/c1-4-23-15-9-6-13(7-10-15)19(21)25-16-11-8-14(12-17(16)22-3)18(20)24-5-2/h6-12H,4-5H2,1-3H3. The number of rotatable bonds is 7. The monoisotopic (exact) mass is 344 g/mol. The van der Waals surface area contributed by atoms with Crippen LogP contribution in [0.2, 0.25) is 0 Å². The molecule has 0 aromatic heterocycles. The predicted octanol–water partition coefficient (Wildman–Crippen LogP) is 3.49. The van der Waals surface area contributed by atoms with E-state index < -0.39 is 11.9 Å². The Balaban J connectivity index is 2.15. The summed E-state index contributed by atoms with van der Waals surface area (Å²) in [6, 6.07) is 11.1. The first-order chi connectivity index (χ1) is 12.1. The van der Waals surface area contributed by atoms with Gasteiger partial charge < -0.3 is 18.9 Å². The zero-order valence-corrected chi connectivity index (χ0v) is 14.4. The molecular weight excluding hydrogens is 324 g/mol. The molecule has 2 aromatic carbocycles. The van der Waals surface area contributed by atoms with Crippen LogP contribution >= 0.6 is 0 Å². The van der Waals surface area contributed by atoms with Gasteiger partial charge in [0.25, 0.3) is 0 Å². The third kappa shape index (κ3) is 4.73. The highest BCUT2D eigenvalue weighted by Crippen LogP contribution is 2.29.